The van der Waals surface area contributed by atoms with E-state index in [-0.39, 0.29) is 6.04 Å². The first kappa shape index (κ1) is 14.4. The SMILES string of the molecule is C[C@H]1c2cccn2CCN1C(=S)NCc1ccc2c(c1)OCO2. The molecule has 2 aliphatic rings. The lowest BCUT2D eigenvalue weighted by Gasteiger charge is -2.36. The van der Waals surface area contributed by atoms with Crippen molar-refractivity contribution in [3.05, 3.63) is 47.8 Å². The van der Waals surface area contributed by atoms with Gasteiger partial charge in [0.25, 0.3) is 0 Å². The van der Waals surface area contributed by atoms with Crippen molar-refractivity contribution in [2.45, 2.75) is 26.1 Å². The van der Waals surface area contributed by atoms with E-state index in [0.29, 0.717) is 13.3 Å². The van der Waals surface area contributed by atoms with Crippen LogP contribution in [0.4, 0.5) is 0 Å². The van der Waals surface area contributed by atoms with Gasteiger partial charge in [-0.3, -0.25) is 0 Å². The molecule has 5 nitrogen and oxygen atoms in total. The second-order valence-corrected chi connectivity index (χ2v) is 6.23. The zero-order valence-electron chi connectivity index (χ0n) is 13.0. The van der Waals surface area contributed by atoms with Gasteiger partial charge in [0.05, 0.1) is 6.04 Å². The number of nitrogens with one attached hydrogen (secondary N) is 1. The number of hydrogen-bond donors (Lipinski definition) is 1. The molecular formula is C17H19N3O2S. The van der Waals surface area contributed by atoms with Gasteiger partial charge in [-0.15, -0.1) is 0 Å². The summed E-state index contributed by atoms with van der Waals surface area (Å²) >= 11 is 5.60. The first-order valence-electron chi connectivity index (χ1n) is 7.80. The Labute approximate surface area is 140 Å². The topological polar surface area (TPSA) is 38.7 Å². The quantitative estimate of drug-likeness (QED) is 0.858. The highest BCUT2D eigenvalue weighted by Gasteiger charge is 2.25. The number of hydrogen-bond acceptors (Lipinski definition) is 3. The largest absolute Gasteiger partial charge is 0.454 e. The molecule has 0 unspecified atom stereocenters. The Hall–Kier alpha value is -2.21. The fourth-order valence-corrected chi connectivity index (χ4v) is 3.51. The number of thiocarbonyl (C=S) groups is 1. The Morgan fingerprint density at radius 3 is 3.04 bits per heavy atom. The Bertz CT molecular complexity index is 743. The van der Waals surface area contributed by atoms with Crippen molar-refractivity contribution < 1.29 is 9.47 Å². The fourth-order valence-electron chi connectivity index (χ4n) is 3.19. The van der Waals surface area contributed by atoms with Crippen LogP contribution in [-0.4, -0.2) is 27.9 Å². The molecule has 1 aromatic carbocycles. The second kappa shape index (κ2) is 5.77. The van der Waals surface area contributed by atoms with Crippen LogP contribution in [0, 0.1) is 0 Å². The molecule has 1 N–H and O–H groups in total. The minimum Gasteiger partial charge on any atom is -0.454 e. The van der Waals surface area contributed by atoms with Crippen molar-refractivity contribution in [1.29, 1.82) is 0 Å². The van der Waals surface area contributed by atoms with Crippen LogP contribution in [-0.2, 0) is 13.1 Å². The number of nitrogens with zero attached hydrogens (tertiary/aromatic N) is 2. The molecule has 4 rings (SSSR count). The first-order valence-corrected chi connectivity index (χ1v) is 8.21. The molecule has 0 saturated carbocycles. The van der Waals surface area contributed by atoms with Gasteiger partial charge in [-0.2, -0.15) is 0 Å². The molecule has 0 spiro atoms. The van der Waals surface area contributed by atoms with Gasteiger partial charge in [0.2, 0.25) is 6.79 Å². The lowest BCUT2D eigenvalue weighted by Crippen LogP contribution is -2.45. The number of ether oxygens (including phenoxy) is 2. The van der Waals surface area contributed by atoms with Gasteiger partial charge in [0.1, 0.15) is 0 Å². The van der Waals surface area contributed by atoms with Gasteiger partial charge in [0.15, 0.2) is 16.6 Å². The minimum absolute atomic E-state index is 0.288. The smallest absolute Gasteiger partial charge is 0.231 e. The maximum absolute atomic E-state index is 5.60. The van der Waals surface area contributed by atoms with Crippen molar-refractivity contribution in [3.63, 3.8) is 0 Å². The Kier molecular flexibility index (Phi) is 3.61. The average Bonchev–Trinajstić information content (AvgIpc) is 3.21. The van der Waals surface area contributed by atoms with Crippen LogP contribution in [0.25, 0.3) is 0 Å². The third-order valence-corrected chi connectivity index (χ3v) is 4.86. The summed E-state index contributed by atoms with van der Waals surface area (Å²) in [5.41, 5.74) is 2.44. The fraction of sp³-hybridized carbons (Fsp3) is 0.353. The van der Waals surface area contributed by atoms with Gasteiger partial charge < -0.3 is 24.3 Å². The number of aromatic nitrogens is 1. The molecule has 1 atom stereocenters. The molecule has 3 heterocycles. The van der Waals surface area contributed by atoms with Gasteiger partial charge in [-0.1, -0.05) is 6.07 Å². The zero-order chi connectivity index (χ0) is 15.8. The molecule has 0 aliphatic carbocycles. The molecule has 0 fully saturated rings. The third-order valence-electron chi connectivity index (χ3n) is 4.48. The summed E-state index contributed by atoms with van der Waals surface area (Å²) < 4.78 is 13.0. The molecule has 23 heavy (non-hydrogen) atoms. The van der Waals surface area contributed by atoms with E-state index in [1.807, 2.05) is 18.2 Å². The molecule has 2 aliphatic heterocycles. The standard InChI is InChI=1S/C17H19N3O2S/c1-12-14-3-2-6-19(14)7-8-20(12)17(23)18-10-13-4-5-15-16(9-13)22-11-21-15/h2-6,9,12H,7-8,10-11H2,1H3,(H,18,23)/t12-/m0/s1. The van der Waals surface area contributed by atoms with Crippen molar-refractivity contribution in [2.24, 2.45) is 0 Å². The lowest BCUT2D eigenvalue weighted by atomic mass is 10.1. The van der Waals surface area contributed by atoms with E-state index in [2.05, 4.69) is 40.0 Å². The summed E-state index contributed by atoms with van der Waals surface area (Å²) in [4.78, 5) is 2.25. The van der Waals surface area contributed by atoms with Crippen molar-refractivity contribution in [3.8, 4) is 11.5 Å². The van der Waals surface area contributed by atoms with Gasteiger partial charge in [0, 0.05) is 31.5 Å². The molecular weight excluding hydrogens is 310 g/mol. The van der Waals surface area contributed by atoms with Crippen LogP contribution in [0.5, 0.6) is 11.5 Å². The van der Waals surface area contributed by atoms with Gasteiger partial charge >= 0.3 is 0 Å². The van der Waals surface area contributed by atoms with Crippen molar-refractivity contribution in [1.82, 2.24) is 14.8 Å². The summed E-state index contributed by atoms with van der Waals surface area (Å²) in [6.07, 6.45) is 2.13. The highest BCUT2D eigenvalue weighted by atomic mass is 32.1. The summed E-state index contributed by atoms with van der Waals surface area (Å²) in [5.74, 6) is 1.61. The lowest BCUT2D eigenvalue weighted by molar-refractivity contribution is 0.174. The average molecular weight is 329 g/mol. The number of benzene rings is 1. The van der Waals surface area contributed by atoms with Crippen LogP contribution in [0.15, 0.2) is 36.5 Å². The van der Waals surface area contributed by atoms with Crippen LogP contribution in [0.2, 0.25) is 0 Å². The van der Waals surface area contributed by atoms with Crippen molar-refractivity contribution >= 4 is 17.3 Å². The molecule has 120 valence electrons. The second-order valence-electron chi connectivity index (χ2n) is 5.84. The van der Waals surface area contributed by atoms with E-state index in [4.69, 9.17) is 21.7 Å². The zero-order valence-corrected chi connectivity index (χ0v) is 13.8. The molecule has 1 aromatic heterocycles. The first-order chi connectivity index (χ1) is 11.2. The maximum Gasteiger partial charge on any atom is 0.231 e. The Balaban J connectivity index is 1.41. The predicted molar refractivity (Wildman–Crippen MR) is 91.6 cm³/mol. The molecule has 0 radical (unpaired) electrons. The minimum atomic E-state index is 0.288. The van der Waals surface area contributed by atoms with Gasteiger partial charge in [-0.25, -0.2) is 0 Å². The van der Waals surface area contributed by atoms with Crippen LogP contribution >= 0.6 is 12.2 Å². The van der Waals surface area contributed by atoms with E-state index in [0.717, 1.165) is 35.3 Å². The molecule has 0 bridgehead atoms. The van der Waals surface area contributed by atoms with E-state index in [1.54, 1.807) is 0 Å². The van der Waals surface area contributed by atoms with Gasteiger partial charge in [-0.05, 0) is 49.0 Å². The molecule has 0 amide bonds. The monoisotopic (exact) mass is 329 g/mol. The highest BCUT2D eigenvalue weighted by Crippen LogP contribution is 2.32. The van der Waals surface area contributed by atoms with Crippen LogP contribution in [0.1, 0.15) is 24.2 Å². The molecule has 2 aromatic rings. The van der Waals surface area contributed by atoms with Crippen LogP contribution in [0.3, 0.4) is 0 Å². The van der Waals surface area contributed by atoms with E-state index in [9.17, 15) is 0 Å². The number of rotatable bonds is 2. The Morgan fingerprint density at radius 1 is 1.26 bits per heavy atom. The summed E-state index contributed by atoms with van der Waals surface area (Å²) in [5, 5.41) is 4.16. The Morgan fingerprint density at radius 2 is 2.13 bits per heavy atom. The normalized spacial score (nSPS) is 18.7. The summed E-state index contributed by atoms with van der Waals surface area (Å²) in [6.45, 7) is 5.07. The maximum atomic E-state index is 5.60. The molecule has 0 saturated heterocycles. The van der Waals surface area contributed by atoms with E-state index < -0.39 is 0 Å². The van der Waals surface area contributed by atoms with E-state index >= 15 is 0 Å². The van der Waals surface area contributed by atoms with E-state index in [1.165, 1.54) is 5.69 Å². The predicted octanol–water partition coefficient (Wildman–Crippen LogP) is 2.67. The number of fused-ring (bicyclic) bond motifs is 2. The summed E-state index contributed by atoms with van der Waals surface area (Å²) in [6, 6.07) is 10.5. The highest BCUT2D eigenvalue weighted by molar-refractivity contribution is 7.80. The van der Waals surface area contributed by atoms with Crippen molar-refractivity contribution in [2.75, 3.05) is 13.3 Å². The van der Waals surface area contributed by atoms with Crippen LogP contribution < -0.4 is 14.8 Å². The molecule has 6 heteroatoms. The summed E-state index contributed by atoms with van der Waals surface area (Å²) in [7, 11) is 0. The third kappa shape index (κ3) is 2.63.